The molecule has 1 aromatic rings. The molecule has 0 atom stereocenters. The van der Waals surface area contributed by atoms with Gasteiger partial charge in [0.05, 0.1) is 5.75 Å². The summed E-state index contributed by atoms with van der Waals surface area (Å²) in [6, 6.07) is 9.47. The van der Waals surface area contributed by atoms with Gasteiger partial charge in [-0.05, 0) is 24.3 Å². The van der Waals surface area contributed by atoms with Crippen molar-refractivity contribution < 1.29 is 17.9 Å². The molecule has 1 aliphatic heterocycles. The number of piperidine rings is 1. The number of hydrogen-bond donors (Lipinski definition) is 1. The van der Waals surface area contributed by atoms with Gasteiger partial charge in [0, 0.05) is 13.1 Å². The quantitative estimate of drug-likeness (QED) is 0.897. The molecule has 2 rings (SSSR count). The van der Waals surface area contributed by atoms with E-state index in [9.17, 15) is 13.2 Å². The minimum absolute atomic E-state index is 0. The lowest BCUT2D eigenvalue weighted by molar-refractivity contribution is 0.0839. The van der Waals surface area contributed by atoms with E-state index in [1.54, 1.807) is 4.90 Å². The van der Waals surface area contributed by atoms with Crippen LogP contribution in [0.1, 0.15) is 18.4 Å². The lowest BCUT2D eigenvalue weighted by Gasteiger charge is -2.30. The summed E-state index contributed by atoms with van der Waals surface area (Å²) in [6.07, 6.45) is 0.918. The fourth-order valence-electron chi connectivity index (χ4n) is 2.42. The zero-order valence-corrected chi connectivity index (χ0v) is 13.8. The van der Waals surface area contributed by atoms with Crippen LogP contribution in [-0.2, 0) is 21.4 Å². The first-order valence-electron chi connectivity index (χ1n) is 6.90. The molecule has 1 fully saturated rings. The first-order valence-corrected chi connectivity index (χ1v) is 8.62. The monoisotopic (exact) mass is 348 g/mol. The molecule has 0 saturated carbocycles. The number of rotatable bonds is 4. The predicted molar refractivity (Wildman–Crippen MR) is 86.1 cm³/mol. The Kier molecular flexibility index (Phi) is 7.12. The van der Waals surface area contributed by atoms with Gasteiger partial charge in [-0.1, -0.05) is 30.3 Å². The molecule has 0 radical (unpaired) electrons. The summed E-state index contributed by atoms with van der Waals surface area (Å²) in [4.78, 5) is 13.5. The van der Waals surface area contributed by atoms with Crippen molar-refractivity contribution in [3.05, 3.63) is 35.9 Å². The Balaban J connectivity index is 0.00000242. The molecule has 1 heterocycles. The lowest BCUT2D eigenvalue weighted by Crippen LogP contribution is -2.40. The topological polar surface area (TPSA) is 89.7 Å². The van der Waals surface area contributed by atoms with Gasteiger partial charge in [0.1, 0.15) is 6.61 Å². The van der Waals surface area contributed by atoms with E-state index in [1.165, 1.54) is 0 Å². The molecule has 6 nitrogen and oxygen atoms in total. The SMILES string of the molecule is Cl.NS(=O)(=O)CC1CCN(C(=O)OCc2ccccc2)CC1. The summed E-state index contributed by atoms with van der Waals surface area (Å²) in [7, 11) is -3.44. The van der Waals surface area contributed by atoms with Crippen LogP contribution in [0.3, 0.4) is 0 Å². The van der Waals surface area contributed by atoms with Crippen LogP contribution in [-0.4, -0.2) is 38.3 Å². The average Bonchev–Trinajstić information content (AvgIpc) is 2.45. The van der Waals surface area contributed by atoms with Gasteiger partial charge >= 0.3 is 6.09 Å². The first-order chi connectivity index (χ1) is 9.94. The molecule has 1 saturated heterocycles. The Morgan fingerprint density at radius 3 is 2.36 bits per heavy atom. The van der Waals surface area contributed by atoms with Crippen LogP contribution in [0.2, 0.25) is 0 Å². The van der Waals surface area contributed by atoms with E-state index in [0.29, 0.717) is 25.9 Å². The van der Waals surface area contributed by atoms with Gasteiger partial charge in [-0.25, -0.2) is 18.4 Å². The predicted octanol–water partition coefficient (Wildman–Crippen LogP) is 1.75. The van der Waals surface area contributed by atoms with Crippen molar-refractivity contribution in [3.63, 3.8) is 0 Å². The summed E-state index contributed by atoms with van der Waals surface area (Å²) in [6.45, 7) is 1.26. The second kappa shape index (κ2) is 8.36. The van der Waals surface area contributed by atoms with Gasteiger partial charge in [-0.2, -0.15) is 0 Å². The van der Waals surface area contributed by atoms with Crippen molar-refractivity contribution >= 4 is 28.5 Å². The zero-order valence-electron chi connectivity index (χ0n) is 12.2. The van der Waals surface area contributed by atoms with Crippen molar-refractivity contribution in [1.29, 1.82) is 0 Å². The van der Waals surface area contributed by atoms with E-state index < -0.39 is 10.0 Å². The summed E-state index contributed by atoms with van der Waals surface area (Å²) < 4.78 is 27.3. The normalized spacial score (nSPS) is 16.0. The van der Waals surface area contributed by atoms with E-state index in [1.807, 2.05) is 30.3 Å². The second-order valence-electron chi connectivity index (χ2n) is 5.30. The highest BCUT2D eigenvalue weighted by Gasteiger charge is 2.26. The maximum Gasteiger partial charge on any atom is 0.410 e. The lowest BCUT2D eigenvalue weighted by atomic mass is 9.99. The van der Waals surface area contributed by atoms with Gasteiger partial charge in [0.15, 0.2) is 0 Å². The molecule has 8 heteroatoms. The number of sulfonamides is 1. The molecule has 124 valence electrons. The molecular weight excluding hydrogens is 328 g/mol. The molecule has 1 aromatic carbocycles. The Morgan fingerprint density at radius 1 is 1.23 bits per heavy atom. The smallest absolute Gasteiger partial charge is 0.410 e. The largest absolute Gasteiger partial charge is 0.445 e. The van der Waals surface area contributed by atoms with Crippen LogP contribution >= 0.6 is 12.4 Å². The van der Waals surface area contributed by atoms with E-state index >= 15 is 0 Å². The van der Waals surface area contributed by atoms with Crippen LogP contribution in [0.5, 0.6) is 0 Å². The summed E-state index contributed by atoms with van der Waals surface area (Å²) in [5.74, 6) is 0.0121. The van der Waals surface area contributed by atoms with Crippen molar-refractivity contribution in [2.45, 2.75) is 19.4 Å². The Morgan fingerprint density at radius 2 is 1.82 bits per heavy atom. The number of likely N-dealkylation sites (tertiary alicyclic amines) is 1. The molecule has 0 aliphatic carbocycles. The molecule has 0 aromatic heterocycles. The van der Waals surface area contributed by atoms with Gasteiger partial charge in [-0.3, -0.25) is 0 Å². The average molecular weight is 349 g/mol. The van der Waals surface area contributed by atoms with Crippen LogP contribution < -0.4 is 5.14 Å². The number of carbonyl (C=O) groups is 1. The van der Waals surface area contributed by atoms with Crippen LogP contribution in [0.25, 0.3) is 0 Å². The van der Waals surface area contributed by atoms with Gasteiger partial charge in [-0.15, -0.1) is 12.4 Å². The molecule has 0 bridgehead atoms. The highest BCUT2D eigenvalue weighted by Crippen LogP contribution is 2.19. The summed E-state index contributed by atoms with van der Waals surface area (Å²) in [5, 5.41) is 5.04. The minimum atomic E-state index is -3.44. The highest BCUT2D eigenvalue weighted by molar-refractivity contribution is 7.89. The minimum Gasteiger partial charge on any atom is -0.445 e. The molecule has 1 amide bonds. The van der Waals surface area contributed by atoms with Crippen LogP contribution in [0.4, 0.5) is 4.79 Å². The first kappa shape index (κ1) is 18.7. The van der Waals surface area contributed by atoms with Crippen LogP contribution in [0.15, 0.2) is 30.3 Å². The number of halogens is 1. The molecule has 22 heavy (non-hydrogen) atoms. The molecule has 0 unspecified atom stereocenters. The van der Waals surface area contributed by atoms with E-state index in [-0.39, 0.29) is 36.8 Å². The number of amides is 1. The number of benzene rings is 1. The maximum absolute atomic E-state index is 11.9. The van der Waals surface area contributed by atoms with Crippen molar-refractivity contribution in [2.24, 2.45) is 11.1 Å². The highest BCUT2D eigenvalue weighted by atomic mass is 35.5. The third kappa shape index (κ3) is 6.21. The van der Waals surface area contributed by atoms with E-state index in [0.717, 1.165) is 5.56 Å². The number of ether oxygens (including phenoxy) is 1. The Labute approximate surface area is 137 Å². The molecule has 2 N–H and O–H groups in total. The fourth-order valence-corrected chi connectivity index (χ4v) is 3.41. The van der Waals surface area contributed by atoms with E-state index in [2.05, 4.69) is 0 Å². The second-order valence-corrected chi connectivity index (χ2v) is 6.96. The third-order valence-corrected chi connectivity index (χ3v) is 4.48. The van der Waals surface area contributed by atoms with Crippen LogP contribution in [0, 0.1) is 5.92 Å². The summed E-state index contributed by atoms with van der Waals surface area (Å²) in [5.41, 5.74) is 0.940. The van der Waals surface area contributed by atoms with Gasteiger partial charge < -0.3 is 9.64 Å². The molecule has 1 aliphatic rings. The number of nitrogens with two attached hydrogens (primary N) is 1. The third-order valence-electron chi connectivity index (χ3n) is 3.55. The number of carbonyl (C=O) groups excluding carboxylic acids is 1. The maximum atomic E-state index is 11.9. The Hall–Kier alpha value is -1.31. The fraction of sp³-hybridized carbons (Fsp3) is 0.500. The van der Waals surface area contributed by atoms with Crippen molar-refractivity contribution in [2.75, 3.05) is 18.8 Å². The number of primary sulfonamides is 1. The van der Waals surface area contributed by atoms with E-state index in [4.69, 9.17) is 9.88 Å². The molecule has 0 spiro atoms. The zero-order chi connectivity index (χ0) is 15.3. The van der Waals surface area contributed by atoms with Gasteiger partial charge in [0.2, 0.25) is 10.0 Å². The Bertz CT molecular complexity index is 572. The number of nitrogens with zero attached hydrogens (tertiary/aromatic N) is 1. The van der Waals surface area contributed by atoms with Crippen molar-refractivity contribution in [3.8, 4) is 0 Å². The van der Waals surface area contributed by atoms with Gasteiger partial charge in [0.25, 0.3) is 0 Å². The van der Waals surface area contributed by atoms with Crippen molar-refractivity contribution in [1.82, 2.24) is 4.90 Å². The standard InChI is InChI=1S/C14H20N2O4S.ClH/c15-21(18,19)11-13-6-8-16(9-7-13)14(17)20-10-12-4-2-1-3-5-12;/h1-5,13H,6-11H2,(H2,15,18,19);1H. The molecular formula is C14H21ClN2O4S. The number of hydrogen-bond acceptors (Lipinski definition) is 4. The summed E-state index contributed by atoms with van der Waals surface area (Å²) >= 11 is 0.